The molecule has 0 radical (unpaired) electrons. The number of imide groups is 1. The summed E-state index contributed by atoms with van der Waals surface area (Å²) in [6.07, 6.45) is 4.05. The third-order valence-corrected chi connectivity index (χ3v) is 6.65. The number of allylic oxidation sites excluding steroid dienone is 1. The summed E-state index contributed by atoms with van der Waals surface area (Å²) in [7, 11) is 1.58. The summed E-state index contributed by atoms with van der Waals surface area (Å²) in [4.78, 5) is 27.1. The van der Waals surface area contributed by atoms with Crippen molar-refractivity contribution in [3.05, 3.63) is 107 Å². The first-order chi connectivity index (χ1) is 18.0. The summed E-state index contributed by atoms with van der Waals surface area (Å²) in [6, 6.07) is 21.2. The van der Waals surface area contributed by atoms with Gasteiger partial charge in [-0.2, -0.15) is 0 Å². The normalized spacial score (nSPS) is 14.2. The molecule has 3 aromatic rings. The molecule has 0 atom stereocenters. The van der Waals surface area contributed by atoms with E-state index in [4.69, 9.17) is 14.2 Å². The number of ether oxygens (including phenoxy) is 3. The van der Waals surface area contributed by atoms with E-state index in [0.29, 0.717) is 35.2 Å². The number of aryl methyl sites for hydroxylation is 1. The van der Waals surface area contributed by atoms with Gasteiger partial charge in [0.25, 0.3) is 11.1 Å². The fourth-order valence-electron chi connectivity index (χ4n) is 3.85. The zero-order chi connectivity index (χ0) is 26.2. The van der Waals surface area contributed by atoms with E-state index in [2.05, 4.69) is 6.58 Å². The van der Waals surface area contributed by atoms with Gasteiger partial charge < -0.3 is 14.2 Å². The number of amides is 2. The molecule has 1 aliphatic rings. The van der Waals surface area contributed by atoms with Crippen LogP contribution in [0.3, 0.4) is 0 Å². The maximum atomic E-state index is 13.0. The SMILES string of the molecule is C=CCc1cc(/C=C2\SC(=O)N(CCOc3ccc(C)cc3)C2=O)cc(OC)c1OCc1ccccc1. The minimum absolute atomic E-state index is 0.174. The highest BCUT2D eigenvalue weighted by Crippen LogP contribution is 2.37. The number of hydrogen-bond acceptors (Lipinski definition) is 6. The fourth-order valence-corrected chi connectivity index (χ4v) is 4.72. The second-order valence-electron chi connectivity index (χ2n) is 8.47. The van der Waals surface area contributed by atoms with Gasteiger partial charge in [-0.3, -0.25) is 14.5 Å². The molecule has 0 aliphatic carbocycles. The lowest BCUT2D eigenvalue weighted by Gasteiger charge is -2.16. The molecule has 2 amide bonds. The van der Waals surface area contributed by atoms with Crippen LogP contribution >= 0.6 is 11.8 Å². The van der Waals surface area contributed by atoms with Gasteiger partial charge >= 0.3 is 0 Å². The van der Waals surface area contributed by atoms with Crippen molar-refractivity contribution in [1.29, 1.82) is 0 Å². The lowest BCUT2D eigenvalue weighted by atomic mass is 10.0. The second-order valence-corrected chi connectivity index (χ2v) is 9.47. The molecule has 4 rings (SSSR count). The third-order valence-electron chi connectivity index (χ3n) is 5.74. The fraction of sp³-hybridized carbons (Fsp3) is 0.200. The van der Waals surface area contributed by atoms with Crippen molar-refractivity contribution in [2.24, 2.45) is 0 Å². The van der Waals surface area contributed by atoms with Gasteiger partial charge in [0, 0.05) is 5.56 Å². The van der Waals surface area contributed by atoms with E-state index in [0.717, 1.165) is 34.0 Å². The number of methoxy groups -OCH3 is 1. The molecular weight excluding hydrogens is 486 g/mol. The Kier molecular flexibility index (Phi) is 8.69. The van der Waals surface area contributed by atoms with E-state index < -0.39 is 0 Å². The molecule has 190 valence electrons. The van der Waals surface area contributed by atoms with E-state index in [1.54, 1.807) is 25.3 Å². The smallest absolute Gasteiger partial charge is 0.293 e. The van der Waals surface area contributed by atoms with Gasteiger partial charge in [0.05, 0.1) is 18.6 Å². The van der Waals surface area contributed by atoms with Gasteiger partial charge in [-0.1, -0.05) is 54.1 Å². The first kappa shape index (κ1) is 26.1. The van der Waals surface area contributed by atoms with Crippen LogP contribution in [-0.4, -0.2) is 36.3 Å². The zero-order valence-corrected chi connectivity index (χ0v) is 21.8. The Bertz CT molecular complexity index is 1300. The van der Waals surface area contributed by atoms with Crippen LogP contribution in [0.15, 0.2) is 84.3 Å². The summed E-state index contributed by atoms with van der Waals surface area (Å²) in [5, 5.41) is -0.315. The molecule has 0 spiro atoms. The summed E-state index contributed by atoms with van der Waals surface area (Å²) in [5.74, 6) is 1.54. The van der Waals surface area contributed by atoms with Crippen molar-refractivity contribution in [3.8, 4) is 17.2 Å². The van der Waals surface area contributed by atoms with Crippen molar-refractivity contribution in [3.63, 3.8) is 0 Å². The van der Waals surface area contributed by atoms with Crippen molar-refractivity contribution >= 4 is 29.0 Å². The Morgan fingerprint density at radius 1 is 1.00 bits per heavy atom. The van der Waals surface area contributed by atoms with E-state index >= 15 is 0 Å². The highest BCUT2D eigenvalue weighted by atomic mass is 32.2. The molecular formula is C30H29NO5S. The Hall–Kier alpha value is -3.97. The first-order valence-electron chi connectivity index (χ1n) is 11.9. The largest absolute Gasteiger partial charge is 0.493 e. The molecule has 6 nitrogen and oxygen atoms in total. The first-order valence-corrected chi connectivity index (χ1v) is 12.7. The Morgan fingerprint density at radius 3 is 2.46 bits per heavy atom. The minimum Gasteiger partial charge on any atom is -0.493 e. The molecule has 0 N–H and O–H groups in total. The summed E-state index contributed by atoms with van der Waals surface area (Å²) in [5.41, 5.74) is 3.79. The topological polar surface area (TPSA) is 65.1 Å². The molecule has 0 bridgehead atoms. The van der Waals surface area contributed by atoms with Gasteiger partial charge in [0.2, 0.25) is 0 Å². The molecule has 1 fully saturated rings. The van der Waals surface area contributed by atoms with Gasteiger partial charge in [0.15, 0.2) is 11.5 Å². The Morgan fingerprint density at radius 2 is 1.76 bits per heavy atom. The van der Waals surface area contributed by atoms with Gasteiger partial charge in [-0.25, -0.2) is 0 Å². The Labute approximate surface area is 221 Å². The van der Waals surface area contributed by atoms with Crippen LogP contribution in [0.2, 0.25) is 0 Å². The van der Waals surface area contributed by atoms with Crippen LogP contribution in [0.1, 0.15) is 22.3 Å². The maximum absolute atomic E-state index is 13.0. The number of hydrogen-bond donors (Lipinski definition) is 0. The summed E-state index contributed by atoms with van der Waals surface area (Å²) in [6.45, 7) is 6.64. The number of carbonyl (C=O) groups excluding carboxylic acids is 2. The molecule has 0 aromatic heterocycles. The monoisotopic (exact) mass is 515 g/mol. The minimum atomic E-state index is -0.337. The number of benzene rings is 3. The van der Waals surface area contributed by atoms with E-state index in [1.807, 2.05) is 67.6 Å². The van der Waals surface area contributed by atoms with Crippen LogP contribution in [0, 0.1) is 6.92 Å². The van der Waals surface area contributed by atoms with Crippen molar-refractivity contribution in [1.82, 2.24) is 4.90 Å². The van der Waals surface area contributed by atoms with E-state index in [9.17, 15) is 9.59 Å². The molecule has 7 heteroatoms. The van der Waals surface area contributed by atoms with Crippen LogP contribution in [0.4, 0.5) is 4.79 Å². The van der Waals surface area contributed by atoms with Crippen molar-refractivity contribution < 1.29 is 23.8 Å². The van der Waals surface area contributed by atoms with Crippen LogP contribution in [0.5, 0.6) is 17.2 Å². The average molecular weight is 516 g/mol. The Balaban J connectivity index is 1.49. The standard InChI is InChI=1S/C30H29NO5S/c1-4-8-24-17-23(18-26(34-3)28(24)36-20-22-9-6-5-7-10-22)19-27-29(32)31(30(33)37-27)15-16-35-25-13-11-21(2)12-14-25/h4-7,9-14,17-19H,1,8,15-16,20H2,2-3H3/b27-19-. The quantitative estimate of drug-likeness (QED) is 0.217. The summed E-state index contributed by atoms with van der Waals surface area (Å²) >= 11 is 0.920. The lowest BCUT2D eigenvalue weighted by Crippen LogP contribution is -2.32. The molecule has 0 unspecified atom stereocenters. The second kappa shape index (κ2) is 12.3. The van der Waals surface area contributed by atoms with Gasteiger partial charge in [0.1, 0.15) is 19.0 Å². The van der Waals surface area contributed by atoms with E-state index in [-0.39, 0.29) is 24.3 Å². The van der Waals surface area contributed by atoms with Crippen LogP contribution < -0.4 is 14.2 Å². The predicted octanol–water partition coefficient (Wildman–Crippen LogP) is 6.43. The predicted molar refractivity (Wildman–Crippen MR) is 147 cm³/mol. The number of carbonyl (C=O) groups is 2. The van der Waals surface area contributed by atoms with Crippen LogP contribution in [0.25, 0.3) is 6.08 Å². The molecule has 0 saturated carbocycles. The number of thioether (sulfide) groups is 1. The number of rotatable bonds is 11. The number of nitrogens with zero attached hydrogens (tertiary/aromatic N) is 1. The van der Waals surface area contributed by atoms with Gasteiger partial charge in [-0.15, -0.1) is 6.58 Å². The molecule has 3 aromatic carbocycles. The van der Waals surface area contributed by atoms with Crippen LogP contribution in [-0.2, 0) is 17.8 Å². The van der Waals surface area contributed by atoms with Gasteiger partial charge in [-0.05, 0) is 66.6 Å². The summed E-state index contributed by atoms with van der Waals surface area (Å²) < 4.78 is 17.4. The van der Waals surface area contributed by atoms with E-state index in [1.165, 1.54) is 4.90 Å². The third kappa shape index (κ3) is 6.62. The molecule has 1 aliphatic heterocycles. The van der Waals surface area contributed by atoms with Crippen molar-refractivity contribution in [2.45, 2.75) is 20.0 Å². The maximum Gasteiger partial charge on any atom is 0.293 e. The molecule has 1 heterocycles. The average Bonchev–Trinajstić information content (AvgIpc) is 3.17. The molecule has 1 saturated heterocycles. The van der Waals surface area contributed by atoms with Crippen molar-refractivity contribution in [2.75, 3.05) is 20.3 Å². The highest BCUT2D eigenvalue weighted by molar-refractivity contribution is 8.18. The zero-order valence-electron chi connectivity index (χ0n) is 20.9. The highest BCUT2D eigenvalue weighted by Gasteiger charge is 2.35. The molecule has 37 heavy (non-hydrogen) atoms. The lowest BCUT2D eigenvalue weighted by molar-refractivity contribution is -0.123.